The van der Waals surface area contributed by atoms with Gasteiger partial charge in [-0.05, 0) is 55.8 Å². The maximum absolute atomic E-state index is 12.7. The molecule has 0 unspecified atom stereocenters. The number of para-hydroxylation sites is 1. The molecule has 10 nitrogen and oxygen atoms in total. The number of carbonyl (C=O) groups is 6. The van der Waals surface area contributed by atoms with Crippen molar-refractivity contribution in [2.24, 2.45) is 5.64 Å². The molecular weight excluding hydrogens is 619 g/mol. The molecule has 246 valence electrons. The second-order valence-electron chi connectivity index (χ2n) is 11.2. The molecule has 1 heterocycles. The number of imide groups is 2. The smallest absolute Gasteiger partial charge is 0.337 e. The Morgan fingerprint density at radius 2 is 1.49 bits per heavy atom. The number of nitrogens with one attached hydrogen (secondary N) is 1. The van der Waals surface area contributed by atoms with Gasteiger partial charge in [0, 0.05) is 35.5 Å². The van der Waals surface area contributed by atoms with E-state index in [1.54, 1.807) is 31.2 Å². The van der Waals surface area contributed by atoms with Gasteiger partial charge in [-0.1, -0.05) is 77.8 Å². The minimum atomic E-state index is -0.824. The first-order valence-corrected chi connectivity index (χ1v) is 15.3. The lowest BCUT2D eigenvalue weighted by Gasteiger charge is -2.15. The van der Waals surface area contributed by atoms with E-state index in [2.05, 4.69) is 18.5 Å². The number of fused-ring (bicyclic) bond motifs is 1. The van der Waals surface area contributed by atoms with E-state index < -0.39 is 18.7 Å². The van der Waals surface area contributed by atoms with Crippen molar-refractivity contribution in [3.05, 3.63) is 155 Å². The third-order valence-electron chi connectivity index (χ3n) is 7.76. The van der Waals surface area contributed by atoms with Crippen LogP contribution < -0.4 is 16.4 Å². The molecule has 5 amide bonds. The second-order valence-corrected chi connectivity index (χ2v) is 11.2. The third kappa shape index (κ3) is 8.21. The summed E-state index contributed by atoms with van der Waals surface area (Å²) in [6.45, 7) is 10.2. The highest BCUT2D eigenvalue weighted by molar-refractivity contribution is 6.99. The van der Waals surface area contributed by atoms with Gasteiger partial charge in [0.2, 0.25) is 6.41 Å². The number of carbonyl (C=O) groups excluding carboxylic acids is 6. The molecule has 3 N–H and O–H groups in total. The summed E-state index contributed by atoms with van der Waals surface area (Å²) in [4.78, 5) is 75.2. The summed E-state index contributed by atoms with van der Waals surface area (Å²) in [5.74, 6) is -1.58. The molecule has 49 heavy (non-hydrogen) atoms. The van der Waals surface area contributed by atoms with Crippen LogP contribution in [0.1, 0.15) is 62.9 Å². The first kappa shape index (κ1) is 35.7. The molecule has 11 heteroatoms. The highest BCUT2D eigenvalue weighted by Gasteiger charge is 2.36. The number of nitrogens with two attached hydrogens (primary N) is 1. The molecule has 0 fully saturated rings. The van der Waals surface area contributed by atoms with Gasteiger partial charge in [0.15, 0.2) is 0 Å². The molecule has 5 rings (SSSR count). The maximum atomic E-state index is 12.7. The van der Waals surface area contributed by atoms with E-state index >= 15 is 0 Å². The van der Waals surface area contributed by atoms with Crippen LogP contribution in [-0.2, 0) is 4.79 Å². The van der Waals surface area contributed by atoms with Crippen LogP contribution >= 0.6 is 0 Å². The number of aryl methyl sites for hydroxylation is 2. The number of anilines is 1. The number of benzene rings is 4. The summed E-state index contributed by atoms with van der Waals surface area (Å²) in [6, 6.07) is 25.8. The van der Waals surface area contributed by atoms with Gasteiger partial charge in [0.05, 0.1) is 11.1 Å². The molecule has 0 spiro atoms. The molecular formula is C38H35BN4O6. The van der Waals surface area contributed by atoms with E-state index in [1.807, 2.05) is 49.4 Å². The molecule has 1 aliphatic heterocycles. The zero-order valence-corrected chi connectivity index (χ0v) is 27.2. The van der Waals surface area contributed by atoms with Crippen LogP contribution in [-0.4, -0.2) is 65.5 Å². The fourth-order valence-electron chi connectivity index (χ4n) is 5.03. The summed E-state index contributed by atoms with van der Waals surface area (Å²) >= 11 is 0. The normalized spacial score (nSPS) is 11.4. The van der Waals surface area contributed by atoms with E-state index in [0.717, 1.165) is 15.4 Å². The molecule has 0 bridgehead atoms. The van der Waals surface area contributed by atoms with Gasteiger partial charge in [-0.25, -0.2) is 0 Å². The Hall–Kier alpha value is -6.20. The van der Waals surface area contributed by atoms with Crippen LogP contribution in [0.2, 0.25) is 0 Å². The van der Waals surface area contributed by atoms with E-state index in [4.69, 9.17) is 5.64 Å². The van der Waals surface area contributed by atoms with Gasteiger partial charge < -0.3 is 15.8 Å². The van der Waals surface area contributed by atoms with Gasteiger partial charge in [0.25, 0.3) is 23.6 Å². The Bertz CT molecular complexity index is 1940. The van der Waals surface area contributed by atoms with Crippen molar-refractivity contribution in [1.29, 1.82) is 0 Å². The maximum Gasteiger partial charge on any atom is 0.337 e. The Morgan fingerprint density at radius 1 is 0.837 bits per heavy atom. The van der Waals surface area contributed by atoms with Gasteiger partial charge in [0.1, 0.15) is 5.68 Å². The summed E-state index contributed by atoms with van der Waals surface area (Å²) < 4.78 is 0. The van der Waals surface area contributed by atoms with Gasteiger partial charge in [-0.15, -0.1) is 13.2 Å². The number of nitrogens with zero attached hydrogens (tertiary/aromatic N) is 2. The molecule has 1 aliphatic rings. The standard InChI is InChI=1S/C19H17BN2O3.C19H18N2O3/c1-3-10-22-18(24)15-9-6-13(11-16(15)19(22)25)17(23)20(21)14-7-4-12(2)5-8-14;1-3-11-21(13-22)19(24)17-12-15(10-9-14(17)2)18(23)20-16-7-5-4-6-8-16/h3-9,11H,1,10,21H2,2H3;3-10,12-13H,1,11H2,2H3,(H,20,23). The van der Waals surface area contributed by atoms with Crippen LogP contribution in [0.5, 0.6) is 0 Å². The van der Waals surface area contributed by atoms with Crippen molar-refractivity contribution in [2.75, 3.05) is 18.4 Å². The van der Waals surface area contributed by atoms with Gasteiger partial charge in [-0.2, -0.15) is 0 Å². The fraction of sp³-hybridized carbons (Fsp3) is 0.105. The van der Waals surface area contributed by atoms with Crippen molar-refractivity contribution < 1.29 is 28.8 Å². The second kappa shape index (κ2) is 16.1. The average molecular weight is 655 g/mol. The summed E-state index contributed by atoms with van der Waals surface area (Å²) in [5, 5.41) is 2.76. The first-order chi connectivity index (χ1) is 23.5. The van der Waals surface area contributed by atoms with Crippen LogP contribution in [0.25, 0.3) is 0 Å². The Labute approximate surface area is 285 Å². The molecule has 4 aromatic rings. The zero-order chi connectivity index (χ0) is 35.7. The minimum absolute atomic E-state index is 0.113. The number of hydrogen-bond donors (Lipinski definition) is 2. The molecule has 0 atom stereocenters. The average Bonchev–Trinajstić information content (AvgIpc) is 3.35. The van der Waals surface area contributed by atoms with E-state index in [-0.39, 0.29) is 36.1 Å². The van der Waals surface area contributed by atoms with E-state index in [0.29, 0.717) is 45.4 Å². The summed E-state index contributed by atoms with van der Waals surface area (Å²) in [6.07, 6.45) is 3.41. The molecule has 4 aromatic carbocycles. The zero-order valence-electron chi connectivity index (χ0n) is 27.2. The van der Waals surface area contributed by atoms with Gasteiger partial charge >= 0.3 is 6.85 Å². The lowest BCUT2D eigenvalue weighted by Crippen LogP contribution is -2.47. The van der Waals surface area contributed by atoms with Crippen LogP contribution in [0.4, 0.5) is 5.69 Å². The number of rotatable bonds is 11. The van der Waals surface area contributed by atoms with E-state index in [1.165, 1.54) is 36.4 Å². The highest BCUT2D eigenvalue weighted by Crippen LogP contribution is 2.24. The summed E-state index contributed by atoms with van der Waals surface area (Å²) in [7, 11) is 0. The quantitative estimate of drug-likeness (QED) is 0.106. The fourth-order valence-corrected chi connectivity index (χ4v) is 5.03. The molecule has 0 saturated carbocycles. The molecule has 0 aliphatic carbocycles. The third-order valence-corrected chi connectivity index (χ3v) is 7.76. The Balaban J connectivity index is 0.000000221. The van der Waals surface area contributed by atoms with E-state index in [9.17, 15) is 28.8 Å². The predicted molar refractivity (Wildman–Crippen MR) is 190 cm³/mol. The lowest BCUT2D eigenvalue weighted by molar-refractivity contribution is -0.115. The lowest BCUT2D eigenvalue weighted by atomic mass is 9.52. The highest BCUT2D eigenvalue weighted by atomic mass is 16.2. The van der Waals surface area contributed by atoms with Crippen molar-refractivity contribution in [2.45, 2.75) is 13.8 Å². The number of amides is 5. The molecule has 0 saturated heterocycles. The van der Waals surface area contributed by atoms with Crippen molar-refractivity contribution in [3.8, 4) is 0 Å². The largest absolute Gasteiger partial charge is 0.359 e. The van der Waals surface area contributed by atoms with Crippen LogP contribution in [0.3, 0.4) is 0 Å². The SMILES string of the molecule is C=CCN(C=O)C(=O)c1cc(C(=O)Nc2ccccc2)ccc1C.C=CCN1C(=O)c2ccc(C(=O)B(N)c3ccc(C)cc3)cc2C1=O. The Morgan fingerprint density at radius 3 is 2.12 bits per heavy atom. The topological polar surface area (TPSA) is 147 Å². The van der Waals surface area contributed by atoms with Crippen molar-refractivity contribution in [1.82, 2.24) is 9.80 Å². The van der Waals surface area contributed by atoms with Crippen molar-refractivity contribution in [3.63, 3.8) is 0 Å². The predicted octanol–water partition coefficient (Wildman–Crippen LogP) is 4.39. The number of hydrogen-bond acceptors (Lipinski definition) is 7. The van der Waals surface area contributed by atoms with Gasteiger partial charge in [-0.3, -0.25) is 33.8 Å². The molecule has 0 radical (unpaired) electrons. The van der Waals surface area contributed by atoms with Crippen molar-refractivity contribution >= 4 is 53.7 Å². The monoisotopic (exact) mass is 654 g/mol. The minimum Gasteiger partial charge on any atom is -0.359 e. The van der Waals surface area contributed by atoms with Crippen LogP contribution in [0.15, 0.2) is 116 Å². The first-order valence-electron chi connectivity index (χ1n) is 15.3. The Kier molecular flexibility index (Phi) is 11.7. The summed E-state index contributed by atoms with van der Waals surface area (Å²) in [5.41, 5.74) is 10.4. The molecule has 0 aromatic heterocycles. The van der Waals surface area contributed by atoms with Crippen LogP contribution in [0, 0.1) is 13.8 Å².